The molecule has 1 amide bonds. The number of nitrogens with zero attached hydrogens (tertiary/aromatic N) is 2. The minimum Gasteiger partial charge on any atom is -0.398 e. The van der Waals surface area contributed by atoms with Crippen molar-refractivity contribution in [1.29, 1.82) is 0 Å². The SMILES string of the molecule is CC(C)CN(CC(N)=O)Cc1cc([N+](=O)[O-])ccc1N. The Hall–Kier alpha value is -2.15. The van der Waals surface area contributed by atoms with E-state index in [1.807, 2.05) is 18.7 Å². The molecule has 0 radical (unpaired) electrons. The summed E-state index contributed by atoms with van der Waals surface area (Å²) < 4.78 is 0. The molecule has 0 aliphatic rings. The molecular weight excluding hydrogens is 260 g/mol. The van der Waals surface area contributed by atoms with E-state index >= 15 is 0 Å². The Morgan fingerprint density at radius 3 is 2.60 bits per heavy atom. The Labute approximate surface area is 117 Å². The smallest absolute Gasteiger partial charge is 0.269 e. The first-order valence-corrected chi connectivity index (χ1v) is 6.33. The van der Waals surface area contributed by atoms with Crippen molar-refractivity contribution in [3.05, 3.63) is 33.9 Å². The van der Waals surface area contributed by atoms with Gasteiger partial charge >= 0.3 is 0 Å². The second-order valence-corrected chi connectivity index (χ2v) is 5.17. The minimum atomic E-state index is -0.468. The van der Waals surface area contributed by atoms with Gasteiger partial charge in [-0.05, 0) is 17.5 Å². The van der Waals surface area contributed by atoms with Crippen molar-refractivity contribution in [3.63, 3.8) is 0 Å². The first kappa shape index (κ1) is 15.9. The maximum Gasteiger partial charge on any atom is 0.269 e. The standard InChI is InChI=1S/C13H20N4O3/c1-9(2)6-16(8-13(15)18)7-10-5-11(17(19)20)3-4-12(10)14/h3-5,9H,6-8,14H2,1-2H3,(H2,15,18). The van der Waals surface area contributed by atoms with Crippen LogP contribution in [0.4, 0.5) is 11.4 Å². The lowest BCUT2D eigenvalue weighted by Gasteiger charge is -2.23. The van der Waals surface area contributed by atoms with Crippen LogP contribution in [-0.2, 0) is 11.3 Å². The van der Waals surface area contributed by atoms with Gasteiger partial charge in [0, 0.05) is 30.9 Å². The molecule has 0 spiro atoms. The van der Waals surface area contributed by atoms with Crippen LogP contribution in [0.2, 0.25) is 0 Å². The van der Waals surface area contributed by atoms with Gasteiger partial charge in [-0.2, -0.15) is 0 Å². The molecule has 1 aromatic rings. The van der Waals surface area contributed by atoms with Crippen molar-refractivity contribution in [1.82, 2.24) is 4.90 Å². The molecular formula is C13H20N4O3. The summed E-state index contributed by atoms with van der Waals surface area (Å²) in [5, 5.41) is 10.8. The first-order valence-electron chi connectivity index (χ1n) is 6.33. The van der Waals surface area contributed by atoms with Crippen molar-refractivity contribution in [3.8, 4) is 0 Å². The number of rotatable bonds is 7. The van der Waals surface area contributed by atoms with Crippen molar-refractivity contribution < 1.29 is 9.72 Å². The van der Waals surface area contributed by atoms with E-state index in [2.05, 4.69) is 0 Å². The van der Waals surface area contributed by atoms with Crippen LogP contribution in [0.15, 0.2) is 18.2 Å². The molecule has 0 fully saturated rings. The van der Waals surface area contributed by atoms with Crippen LogP contribution in [0.5, 0.6) is 0 Å². The number of hydrogen-bond acceptors (Lipinski definition) is 5. The normalized spacial score (nSPS) is 11.0. The number of nitrogens with two attached hydrogens (primary N) is 2. The maximum atomic E-state index is 11.1. The Bertz CT molecular complexity index is 502. The number of amides is 1. The van der Waals surface area contributed by atoms with Crippen molar-refractivity contribution >= 4 is 17.3 Å². The van der Waals surface area contributed by atoms with Crippen LogP contribution in [0.3, 0.4) is 0 Å². The molecule has 0 saturated carbocycles. The lowest BCUT2D eigenvalue weighted by atomic mass is 10.1. The van der Waals surface area contributed by atoms with Crippen LogP contribution < -0.4 is 11.5 Å². The number of carbonyl (C=O) groups excluding carboxylic acids is 1. The summed E-state index contributed by atoms with van der Waals surface area (Å²) >= 11 is 0. The van der Waals surface area contributed by atoms with Crippen LogP contribution in [-0.4, -0.2) is 28.8 Å². The van der Waals surface area contributed by atoms with E-state index in [4.69, 9.17) is 11.5 Å². The second kappa shape index (κ2) is 6.85. The summed E-state index contributed by atoms with van der Waals surface area (Å²) in [6.07, 6.45) is 0. The van der Waals surface area contributed by atoms with Gasteiger partial charge < -0.3 is 11.5 Å². The quantitative estimate of drug-likeness (QED) is 0.441. The predicted molar refractivity (Wildman–Crippen MR) is 76.8 cm³/mol. The zero-order valence-electron chi connectivity index (χ0n) is 11.7. The molecule has 1 aromatic carbocycles. The molecule has 0 atom stereocenters. The number of nitro benzene ring substituents is 1. The van der Waals surface area contributed by atoms with E-state index < -0.39 is 10.8 Å². The molecule has 7 nitrogen and oxygen atoms in total. The third-order valence-corrected chi connectivity index (χ3v) is 2.73. The Kier molecular flexibility index (Phi) is 5.45. The first-order chi connectivity index (χ1) is 9.29. The number of anilines is 1. The van der Waals surface area contributed by atoms with Gasteiger partial charge in [0.15, 0.2) is 0 Å². The molecule has 1 rings (SSSR count). The summed E-state index contributed by atoms with van der Waals surface area (Å²) in [5.41, 5.74) is 12.1. The van der Waals surface area contributed by atoms with Gasteiger partial charge in [-0.3, -0.25) is 19.8 Å². The van der Waals surface area contributed by atoms with Gasteiger partial charge in [0.2, 0.25) is 5.91 Å². The highest BCUT2D eigenvalue weighted by atomic mass is 16.6. The molecule has 0 heterocycles. The number of non-ortho nitro benzene ring substituents is 1. The summed E-state index contributed by atoms with van der Waals surface area (Å²) in [6, 6.07) is 4.30. The third kappa shape index (κ3) is 4.85. The highest BCUT2D eigenvalue weighted by Crippen LogP contribution is 2.21. The zero-order valence-corrected chi connectivity index (χ0v) is 11.7. The Balaban J connectivity index is 2.94. The Morgan fingerprint density at radius 2 is 2.10 bits per heavy atom. The van der Waals surface area contributed by atoms with Crippen LogP contribution >= 0.6 is 0 Å². The highest BCUT2D eigenvalue weighted by molar-refractivity contribution is 5.76. The average Bonchev–Trinajstić information content (AvgIpc) is 2.29. The average molecular weight is 280 g/mol. The monoisotopic (exact) mass is 280 g/mol. The van der Waals surface area contributed by atoms with Crippen LogP contribution in [0.1, 0.15) is 19.4 Å². The van der Waals surface area contributed by atoms with Crippen LogP contribution in [0, 0.1) is 16.0 Å². The molecule has 0 aromatic heterocycles. The molecule has 0 aliphatic carbocycles. The number of nitrogen functional groups attached to an aromatic ring is 1. The van der Waals surface area contributed by atoms with E-state index in [0.29, 0.717) is 30.3 Å². The van der Waals surface area contributed by atoms with Crippen LogP contribution in [0.25, 0.3) is 0 Å². The maximum absolute atomic E-state index is 11.1. The summed E-state index contributed by atoms with van der Waals surface area (Å²) in [4.78, 5) is 23.2. The molecule has 0 unspecified atom stereocenters. The summed E-state index contributed by atoms with van der Waals surface area (Å²) in [6.45, 7) is 5.15. The molecule has 110 valence electrons. The van der Waals surface area contributed by atoms with Gasteiger partial charge in [0.25, 0.3) is 5.69 Å². The van der Waals surface area contributed by atoms with Gasteiger partial charge in [0.05, 0.1) is 11.5 Å². The number of primary amides is 1. The molecule has 0 saturated heterocycles. The minimum absolute atomic E-state index is 0.0160. The van der Waals surface area contributed by atoms with Crippen molar-refractivity contribution in [2.24, 2.45) is 11.7 Å². The second-order valence-electron chi connectivity index (χ2n) is 5.17. The zero-order chi connectivity index (χ0) is 15.3. The largest absolute Gasteiger partial charge is 0.398 e. The van der Waals surface area contributed by atoms with E-state index in [-0.39, 0.29) is 12.2 Å². The number of nitro groups is 1. The van der Waals surface area contributed by atoms with Gasteiger partial charge in [-0.1, -0.05) is 13.8 Å². The van der Waals surface area contributed by atoms with E-state index in [9.17, 15) is 14.9 Å². The number of benzene rings is 1. The van der Waals surface area contributed by atoms with Gasteiger partial charge in [-0.25, -0.2) is 0 Å². The lowest BCUT2D eigenvalue weighted by molar-refractivity contribution is -0.384. The fourth-order valence-electron chi connectivity index (χ4n) is 2.01. The van der Waals surface area contributed by atoms with E-state index in [1.165, 1.54) is 18.2 Å². The third-order valence-electron chi connectivity index (χ3n) is 2.73. The van der Waals surface area contributed by atoms with Gasteiger partial charge in [-0.15, -0.1) is 0 Å². The van der Waals surface area contributed by atoms with Crippen molar-refractivity contribution in [2.75, 3.05) is 18.8 Å². The summed E-state index contributed by atoms with van der Waals surface area (Å²) in [5.74, 6) is -0.0936. The number of carbonyl (C=O) groups is 1. The highest BCUT2D eigenvalue weighted by Gasteiger charge is 2.15. The molecule has 0 bridgehead atoms. The lowest BCUT2D eigenvalue weighted by Crippen LogP contribution is -2.35. The van der Waals surface area contributed by atoms with E-state index in [0.717, 1.165) is 0 Å². The van der Waals surface area contributed by atoms with Gasteiger partial charge in [0.1, 0.15) is 0 Å². The predicted octanol–water partition coefficient (Wildman–Crippen LogP) is 1.12. The topological polar surface area (TPSA) is 115 Å². The number of hydrogen-bond donors (Lipinski definition) is 2. The fraction of sp³-hybridized carbons (Fsp3) is 0.462. The molecule has 4 N–H and O–H groups in total. The molecule has 20 heavy (non-hydrogen) atoms. The van der Waals surface area contributed by atoms with Crippen molar-refractivity contribution in [2.45, 2.75) is 20.4 Å². The Morgan fingerprint density at radius 1 is 1.45 bits per heavy atom. The summed E-state index contributed by atoms with van der Waals surface area (Å²) in [7, 11) is 0. The molecule has 7 heteroatoms. The fourth-order valence-corrected chi connectivity index (χ4v) is 2.01. The molecule has 0 aliphatic heterocycles. The van der Waals surface area contributed by atoms with E-state index in [1.54, 1.807) is 0 Å².